The predicted molar refractivity (Wildman–Crippen MR) is 103 cm³/mol. The fraction of sp³-hybridized carbons (Fsp3) is 0.250. The SMILES string of the molecule is CCNC(=NCc1cccc(O)c1)NCCc1c[nH]c2ccc(F)cc12. The van der Waals surface area contributed by atoms with Crippen molar-refractivity contribution in [1.82, 2.24) is 15.6 Å². The van der Waals surface area contributed by atoms with Gasteiger partial charge in [-0.1, -0.05) is 12.1 Å². The lowest BCUT2D eigenvalue weighted by molar-refractivity contribution is 0.474. The van der Waals surface area contributed by atoms with Crippen molar-refractivity contribution in [3.8, 4) is 5.75 Å². The van der Waals surface area contributed by atoms with Crippen molar-refractivity contribution >= 4 is 16.9 Å². The van der Waals surface area contributed by atoms with Gasteiger partial charge >= 0.3 is 0 Å². The number of rotatable bonds is 6. The van der Waals surface area contributed by atoms with Gasteiger partial charge < -0.3 is 20.7 Å². The second-order valence-electron chi connectivity index (χ2n) is 6.05. The highest BCUT2D eigenvalue weighted by atomic mass is 19.1. The number of hydrogen-bond donors (Lipinski definition) is 4. The number of aromatic amines is 1. The van der Waals surface area contributed by atoms with Gasteiger partial charge in [-0.25, -0.2) is 9.38 Å². The average Bonchev–Trinajstić information content (AvgIpc) is 3.02. The van der Waals surface area contributed by atoms with E-state index in [2.05, 4.69) is 20.6 Å². The molecule has 3 aromatic rings. The fourth-order valence-electron chi connectivity index (χ4n) is 2.84. The lowest BCUT2D eigenvalue weighted by Gasteiger charge is -2.11. The number of guanidine groups is 1. The smallest absolute Gasteiger partial charge is 0.191 e. The number of nitrogens with zero attached hydrogens (tertiary/aromatic N) is 1. The summed E-state index contributed by atoms with van der Waals surface area (Å²) >= 11 is 0. The predicted octanol–water partition coefficient (Wildman–Crippen LogP) is 3.31. The number of aliphatic imine (C=N–C) groups is 1. The van der Waals surface area contributed by atoms with E-state index in [0.29, 0.717) is 19.0 Å². The highest BCUT2D eigenvalue weighted by molar-refractivity contribution is 5.83. The Labute approximate surface area is 152 Å². The highest BCUT2D eigenvalue weighted by Gasteiger charge is 2.05. The average molecular weight is 354 g/mol. The number of hydrogen-bond acceptors (Lipinski definition) is 2. The van der Waals surface area contributed by atoms with Crippen LogP contribution in [0.1, 0.15) is 18.1 Å². The van der Waals surface area contributed by atoms with Crippen molar-refractivity contribution in [3.63, 3.8) is 0 Å². The van der Waals surface area contributed by atoms with Gasteiger partial charge in [0, 0.05) is 30.2 Å². The molecule has 0 unspecified atom stereocenters. The molecule has 26 heavy (non-hydrogen) atoms. The first-order valence-corrected chi connectivity index (χ1v) is 8.71. The molecule has 0 aliphatic heterocycles. The van der Waals surface area contributed by atoms with Gasteiger partial charge in [0.05, 0.1) is 6.54 Å². The van der Waals surface area contributed by atoms with Crippen molar-refractivity contribution < 1.29 is 9.50 Å². The Bertz CT molecular complexity index is 904. The molecule has 2 aromatic carbocycles. The molecule has 0 spiro atoms. The number of aromatic hydroxyl groups is 1. The van der Waals surface area contributed by atoms with Gasteiger partial charge in [-0.3, -0.25) is 0 Å². The fourth-order valence-corrected chi connectivity index (χ4v) is 2.84. The van der Waals surface area contributed by atoms with Crippen molar-refractivity contribution in [2.45, 2.75) is 19.9 Å². The molecule has 0 bridgehead atoms. The molecule has 0 fully saturated rings. The minimum absolute atomic E-state index is 0.229. The van der Waals surface area contributed by atoms with Gasteiger partial charge in [-0.15, -0.1) is 0 Å². The molecule has 0 saturated heterocycles. The zero-order chi connectivity index (χ0) is 18.4. The molecular formula is C20H23FN4O. The van der Waals surface area contributed by atoms with E-state index in [9.17, 15) is 9.50 Å². The van der Waals surface area contributed by atoms with Crippen LogP contribution in [-0.2, 0) is 13.0 Å². The molecule has 3 rings (SSSR count). The lowest BCUT2D eigenvalue weighted by Crippen LogP contribution is -2.38. The Morgan fingerprint density at radius 3 is 2.88 bits per heavy atom. The Kier molecular flexibility index (Phi) is 5.73. The second kappa shape index (κ2) is 8.38. The summed E-state index contributed by atoms with van der Waals surface area (Å²) < 4.78 is 13.5. The lowest BCUT2D eigenvalue weighted by atomic mass is 10.1. The molecule has 0 atom stereocenters. The van der Waals surface area contributed by atoms with E-state index in [0.717, 1.165) is 35.0 Å². The number of H-pyrrole nitrogens is 1. The first-order chi connectivity index (χ1) is 12.7. The van der Waals surface area contributed by atoms with Gasteiger partial charge in [0.1, 0.15) is 11.6 Å². The van der Waals surface area contributed by atoms with Crippen LogP contribution in [0.15, 0.2) is 53.7 Å². The summed E-state index contributed by atoms with van der Waals surface area (Å²) in [7, 11) is 0. The Balaban J connectivity index is 1.61. The van der Waals surface area contributed by atoms with E-state index in [-0.39, 0.29) is 11.6 Å². The number of fused-ring (bicyclic) bond motifs is 1. The van der Waals surface area contributed by atoms with Gasteiger partial charge in [0.25, 0.3) is 0 Å². The second-order valence-corrected chi connectivity index (χ2v) is 6.05. The van der Waals surface area contributed by atoms with E-state index in [1.807, 2.05) is 19.2 Å². The maximum atomic E-state index is 13.5. The third-order valence-electron chi connectivity index (χ3n) is 4.09. The summed E-state index contributed by atoms with van der Waals surface area (Å²) in [6, 6.07) is 11.8. The first-order valence-electron chi connectivity index (χ1n) is 8.71. The number of aromatic nitrogens is 1. The van der Waals surface area contributed by atoms with E-state index in [4.69, 9.17) is 0 Å². The van der Waals surface area contributed by atoms with Gasteiger partial charge in [0.15, 0.2) is 5.96 Å². The van der Waals surface area contributed by atoms with Crippen LogP contribution >= 0.6 is 0 Å². The molecule has 6 heteroatoms. The van der Waals surface area contributed by atoms with Crippen LogP contribution in [-0.4, -0.2) is 29.1 Å². The zero-order valence-corrected chi connectivity index (χ0v) is 14.7. The summed E-state index contributed by atoms with van der Waals surface area (Å²) in [5.41, 5.74) is 2.94. The van der Waals surface area contributed by atoms with Crippen LogP contribution in [0, 0.1) is 5.82 Å². The van der Waals surface area contributed by atoms with E-state index < -0.39 is 0 Å². The topological polar surface area (TPSA) is 72.4 Å². The van der Waals surface area contributed by atoms with Crippen molar-refractivity contribution in [2.75, 3.05) is 13.1 Å². The highest BCUT2D eigenvalue weighted by Crippen LogP contribution is 2.19. The Morgan fingerprint density at radius 1 is 1.19 bits per heavy atom. The maximum Gasteiger partial charge on any atom is 0.191 e. The molecule has 0 amide bonds. The molecule has 1 aromatic heterocycles. The van der Waals surface area contributed by atoms with Crippen molar-refractivity contribution in [2.24, 2.45) is 4.99 Å². The van der Waals surface area contributed by atoms with Crippen LogP contribution in [0.5, 0.6) is 5.75 Å². The van der Waals surface area contributed by atoms with Crippen LogP contribution in [0.4, 0.5) is 4.39 Å². The van der Waals surface area contributed by atoms with Gasteiger partial charge in [-0.2, -0.15) is 0 Å². The summed E-state index contributed by atoms with van der Waals surface area (Å²) in [5.74, 6) is 0.719. The monoisotopic (exact) mass is 354 g/mol. The minimum Gasteiger partial charge on any atom is -0.508 e. The Hall–Kier alpha value is -3.02. The summed E-state index contributed by atoms with van der Waals surface area (Å²) in [6.45, 7) is 3.91. The molecule has 136 valence electrons. The minimum atomic E-state index is -0.229. The number of phenols is 1. The number of benzene rings is 2. The molecular weight excluding hydrogens is 331 g/mol. The maximum absolute atomic E-state index is 13.5. The van der Waals surface area contributed by atoms with E-state index in [1.165, 1.54) is 6.07 Å². The van der Waals surface area contributed by atoms with Crippen molar-refractivity contribution in [3.05, 3.63) is 65.6 Å². The molecule has 0 radical (unpaired) electrons. The third-order valence-corrected chi connectivity index (χ3v) is 4.09. The molecule has 0 aliphatic rings. The number of phenolic OH excluding ortho intramolecular Hbond substituents is 1. The normalized spacial score (nSPS) is 11.7. The number of halogens is 1. The van der Waals surface area contributed by atoms with E-state index in [1.54, 1.807) is 30.3 Å². The quantitative estimate of drug-likeness (QED) is 0.405. The van der Waals surface area contributed by atoms with Crippen LogP contribution in [0.3, 0.4) is 0 Å². The molecule has 0 saturated carbocycles. The largest absolute Gasteiger partial charge is 0.508 e. The van der Waals surface area contributed by atoms with Crippen LogP contribution in [0.25, 0.3) is 10.9 Å². The summed E-state index contributed by atoms with van der Waals surface area (Å²) in [6.07, 6.45) is 2.67. The standard InChI is InChI=1S/C20H23FN4O/c1-2-22-20(25-12-14-4-3-5-17(26)10-14)23-9-8-15-13-24-19-7-6-16(21)11-18(15)19/h3-7,10-11,13,24,26H,2,8-9,12H2,1H3,(H2,22,23,25). The number of nitrogens with one attached hydrogen (secondary N) is 3. The summed E-state index contributed by atoms with van der Waals surface area (Å²) in [5, 5.41) is 16.9. The van der Waals surface area contributed by atoms with Crippen molar-refractivity contribution in [1.29, 1.82) is 0 Å². The molecule has 5 nitrogen and oxygen atoms in total. The Morgan fingerprint density at radius 2 is 2.08 bits per heavy atom. The van der Waals surface area contributed by atoms with Gasteiger partial charge in [-0.05, 0) is 54.8 Å². The summed E-state index contributed by atoms with van der Waals surface area (Å²) in [4.78, 5) is 7.70. The third kappa shape index (κ3) is 4.53. The first kappa shape index (κ1) is 17.8. The molecule has 0 aliphatic carbocycles. The van der Waals surface area contributed by atoms with Crippen LogP contribution in [0.2, 0.25) is 0 Å². The zero-order valence-electron chi connectivity index (χ0n) is 14.7. The van der Waals surface area contributed by atoms with Gasteiger partial charge in [0.2, 0.25) is 0 Å². The molecule has 4 N–H and O–H groups in total. The molecule has 1 heterocycles. The van der Waals surface area contributed by atoms with E-state index >= 15 is 0 Å². The van der Waals surface area contributed by atoms with Crippen LogP contribution < -0.4 is 10.6 Å².